The number of carbonyl (C=O) groups is 1. The molecule has 1 amide bonds. The number of hydrogen-bond donors (Lipinski definition) is 0. The van der Waals surface area contributed by atoms with Crippen LogP contribution in [-0.2, 0) is 9.47 Å². The highest BCUT2D eigenvalue weighted by Crippen LogP contribution is 2.37. The lowest BCUT2D eigenvalue weighted by Gasteiger charge is -2.38. The van der Waals surface area contributed by atoms with E-state index in [9.17, 15) is 9.18 Å². The summed E-state index contributed by atoms with van der Waals surface area (Å²) in [6.07, 6.45) is 2.63. The van der Waals surface area contributed by atoms with Crippen molar-refractivity contribution >= 4 is 17.5 Å². The van der Waals surface area contributed by atoms with Gasteiger partial charge >= 0.3 is 0 Å². The minimum atomic E-state index is -0.513. The first-order valence-electron chi connectivity index (χ1n) is 7.44. The molecule has 0 radical (unpaired) electrons. The molecule has 0 N–H and O–H groups in total. The van der Waals surface area contributed by atoms with Crippen molar-refractivity contribution < 1.29 is 18.7 Å². The molecule has 0 bridgehead atoms. The third-order valence-corrected chi connectivity index (χ3v) is 4.93. The predicted octanol–water partition coefficient (Wildman–Crippen LogP) is 2.89. The number of benzene rings is 1. The SMILES string of the molecule is COC1COC2(CCN(C(=O)c3ccc(F)c(Cl)c3)CC2)C1. The van der Waals surface area contributed by atoms with Crippen molar-refractivity contribution in [2.24, 2.45) is 0 Å². The quantitative estimate of drug-likeness (QED) is 0.838. The van der Waals surface area contributed by atoms with Crippen LogP contribution in [0.2, 0.25) is 5.02 Å². The normalized spacial score (nSPS) is 24.0. The fourth-order valence-corrected chi connectivity index (χ4v) is 3.41. The van der Waals surface area contributed by atoms with Crippen LogP contribution >= 0.6 is 11.6 Å². The summed E-state index contributed by atoms with van der Waals surface area (Å²) in [5.41, 5.74) is 0.266. The Morgan fingerprint density at radius 3 is 2.77 bits per heavy atom. The van der Waals surface area contributed by atoms with Crippen molar-refractivity contribution in [1.29, 1.82) is 0 Å². The molecule has 1 atom stereocenters. The van der Waals surface area contributed by atoms with Crippen molar-refractivity contribution in [3.05, 3.63) is 34.6 Å². The van der Waals surface area contributed by atoms with E-state index < -0.39 is 5.82 Å². The number of methoxy groups -OCH3 is 1. The lowest BCUT2D eigenvalue weighted by atomic mass is 9.87. The van der Waals surface area contributed by atoms with E-state index in [1.165, 1.54) is 18.2 Å². The van der Waals surface area contributed by atoms with Gasteiger partial charge in [0.1, 0.15) is 5.82 Å². The summed E-state index contributed by atoms with van der Waals surface area (Å²) in [4.78, 5) is 14.2. The second-order valence-corrected chi connectivity index (χ2v) is 6.38. The first kappa shape index (κ1) is 15.7. The molecular weight excluding hydrogens is 309 g/mol. The van der Waals surface area contributed by atoms with Crippen molar-refractivity contribution in [2.45, 2.75) is 31.0 Å². The van der Waals surface area contributed by atoms with Gasteiger partial charge in [0.05, 0.1) is 23.3 Å². The van der Waals surface area contributed by atoms with Gasteiger partial charge in [-0.2, -0.15) is 0 Å². The van der Waals surface area contributed by atoms with Gasteiger partial charge in [-0.15, -0.1) is 0 Å². The second kappa shape index (κ2) is 6.14. The number of nitrogens with zero attached hydrogens (tertiary/aromatic N) is 1. The van der Waals surface area contributed by atoms with E-state index in [2.05, 4.69) is 0 Å². The number of amides is 1. The lowest BCUT2D eigenvalue weighted by Crippen LogP contribution is -2.46. The van der Waals surface area contributed by atoms with Crippen LogP contribution in [0.1, 0.15) is 29.6 Å². The fourth-order valence-electron chi connectivity index (χ4n) is 3.23. The van der Waals surface area contributed by atoms with Gasteiger partial charge in [-0.05, 0) is 31.0 Å². The molecule has 1 unspecified atom stereocenters. The first-order chi connectivity index (χ1) is 10.5. The predicted molar refractivity (Wildman–Crippen MR) is 80.6 cm³/mol. The Bertz CT molecular complexity index is 573. The number of carbonyl (C=O) groups excluding carboxylic acids is 1. The molecule has 2 heterocycles. The molecule has 120 valence electrons. The molecule has 2 saturated heterocycles. The number of rotatable bonds is 2. The smallest absolute Gasteiger partial charge is 0.253 e. The average molecular weight is 328 g/mol. The summed E-state index contributed by atoms with van der Waals surface area (Å²) in [7, 11) is 1.70. The van der Waals surface area contributed by atoms with Gasteiger partial charge < -0.3 is 14.4 Å². The minimum absolute atomic E-state index is 0.0265. The van der Waals surface area contributed by atoms with Gasteiger partial charge in [0.25, 0.3) is 5.91 Å². The summed E-state index contributed by atoms with van der Waals surface area (Å²) in [5, 5.41) is -0.0265. The van der Waals surface area contributed by atoms with E-state index in [-0.39, 0.29) is 22.6 Å². The molecule has 1 aromatic rings. The van der Waals surface area contributed by atoms with Crippen LogP contribution in [0.3, 0.4) is 0 Å². The molecule has 22 heavy (non-hydrogen) atoms. The molecule has 4 nitrogen and oxygen atoms in total. The zero-order chi connectivity index (χ0) is 15.7. The molecule has 2 aliphatic heterocycles. The van der Waals surface area contributed by atoms with Crippen molar-refractivity contribution in [1.82, 2.24) is 4.90 Å². The summed E-state index contributed by atoms with van der Waals surface area (Å²) in [6.45, 7) is 1.88. The Morgan fingerprint density at radius 2 is 2.18 bits per heavy atom. The van der Waals surface area contributed by atoms with Gasteiger partial charge in [0.2, 0.25) is 0 Å². The highest BCUT2D eigenvalue weighted by Gasteiger charge is 2.43. The van der Waals surface area contributed by atoms with Gasteiger partial charge in [0.15, 0.2) is 0 Å². The van der Waals surface area contributed by atoms with Crippen LogP contribution in [0.15, 0.2) is 18.2 Å². The van der Waals surface area contributed by atoms with E-state index in [0.29, 0.717) is 25.3 Å². The Kier molecular flexibility index (Phi) is 4.39. The van der Waals surface area contributed by atoms with E-state index in [1.54, 1.807) is 12.0 Å². The molecule has 1 spiro atoms. The van der Waals surface area contributed by atoms with Crippen LogP contribution < -0.4 is 0 Å². The van der Waals surface area contributed by atoms with Crippen LogP contribution in [0.4, 0.5) is 4.39 Å². The Hall–Kier alpha value is -1.17. The number of hydrogen-bond acceptors (Lipinski definition) is 3. The summed E-state index contributed by atoms with van der Waals surface area (Å²) < 4.78 is 24.5. The van der Waals surface area contributed by atoms with Gasteiger partial charge in [-0.25, -0.2) is 4.39 Å². The third-order valence-electron chi connectivity index (χ3n) is 4.64. The van der Waals surface area contributed by atoms with E-state index in [4.69, 9.17) is 21.1 Å². The van der Waals surface area contributed by atoms with E-state index in [1.807, 2.05) is 0 Å². The number of likely N-dealkylation sites (tertiary alicyclic amines) is 1. The number of piperidine rings is 1. The number of ether oxygens (including phenoxy) is 2. The zero-order valence-electron chi connectivity index (χ0n) is 12.5. The first-order valence-corrected chi connectivity index (χ1v) is 7.82. The Balaban J connectivity index is 1.63. The minimum Gasteiger partial charge on any atom is -0.379 e. The van der Waals surface area contributed by atoms with Crippen LogP contribution in [0.5, 0.6) is 0 Å². The van der Waals surface area contributed by atoms with E-state index in [0.717, 1.165) is 19.3 Å². The Labute approximate surface area is 134 Å². The summed E-state index contributed by atoms with van der Waals surface area (Å²) in [6, 6.07) is 4.09. The topological polar surface area (TPSA) is 38.8 Å². The monoisotopic (exact) mass is 327 g/mol. The highest BCUT2D eigenvalue weighted by molar-refractivity contribution is 6.31. The third kappa shape index (κ3) is 2.98. The molecule has 6 heteroatoms. The second-order valence-electron chi connectivity index (χ2n) is 5.98. The molecule has 1 aromatic carbocycles. The summed E-state index contributed by atoms with van der Waals surface area (Å²) >= 11 is 5.75. The zero-order valence-corrected chi connectivity index (χ0v) is 13.2. The van der Waals surface area contributed by atoms with Crippen LogP contribution in [-0.4, -0.2) is 49.3 Å². The van der Waals surface area contributed by atoms with Crippen LogP contribution in [0, 0.1) is 5.82 Å². The van der Waals surface area contributed by atoms with Gasteiger partial charge in [-0.3, -0.25) is 4.79 Å². The molecule has 2 fully saturated rings. The molecule has 2 aliphatic rings. The van der Waals surface area contributed by atoms with E-state index >= 15 is 0 Å². The molecule has 0 saturated carbocycles. The van der Waals surface area contributed by atoms with Gasteiger partial charge in [-0.1, -0.05) is 11.6 Å². The largest absolute Gasteiger partial charge is 0.379 e. The fraction of sp³-hybridized carbons (Fsp3) is 0.562. The maximum Gasteiger partial charge on any atom is 0.253 e. The maximum atomic E-state index is 13.2. The van der Waals surface area contributed by atoms with Crippen molar-refractivity contribution in [3.63, 3.8) is 0 Å². The molecule has 0 aliphatic carbocycles. The lowest BCUT2D eigenvalue weighted by molar-refractivity contribution is -0.0402. The Morgan fingerprint density at radius 1 is 1.45 bits per heavy atom. The van der Waals surface area contributed by atoms with Gasteiger partial charge in [0, 0.05) is 32.2 Å². The standard InChI is InChI=1S/C16H19ClFNO3/c1-21-12-9-16(22-10-12)4-6-19(7-5-16)15(20)11-2-3-14(18)13(17)8-11/h2-3,8,12H,4-7,9-10H2,1H3. The molecule has 3 rings (SSSR count). The highest BCUT2D eigenvalue weighted by atomic mass is 35.5. The van der Waals surface area contributed by atoms with Crippen molar-refractivity contribution in [3.8, 4) is 0 Å². The molecule has 0 aromatic heterocycles. The van der Waals surface area contributed by atoms with Crippen molar-refractivity contribution in [2.75, 3.05) is 26.8 Å². The summed E-state index contributed by atoms with van der Waals surface area (Å²) in [5.74, 6) is -0.626. The number of halogens is 2. The van der Waals surface area contributed by atoms with Crippen LogP contribution in [0.25, 0.3) is 0 Å². The maximum absolute atomic E-state index is 13.2. The average Bonchev–Trinajstić information content (AvgIpc) is 2.93. The molecular formula is C16H19ClFNO3.